The zero-order chi connectivity index (χ0) is 30.2. The third-order valence-electron chi connectivity index (χ3n) is 6.31. The number of hydrogen-bond donors (Lipinski definition) is 1. The maximum Gasteiger partial charge on any atom is 0.244 e. The van der Waals surface area contributed by atoms with Crippen molar-refractivity contribution >= 4 is 55.1 Å². The summed E-state index contributed by atoms with van der Waals surface area (Å²) in [5, 5.41) is 3.25. The molecule has 0 spiro atoms. The van der Waals surface area contributed by atoms with Crippen LogP contribution in [0.5, 0.6) is 5.75 Å². The molecule has 0 aromatic heterocycles. The minimum absolute atomic E-state index is 0.0863. The number of sulfonamides is 1. The second-order valence-electron chi connectivity index (χ2n) is 10.1. The molecule has 11 heteroatoms. The quantitative estimate of drug-likeness (QED) is 0.268. The Morgan fingerprint density at radius 2 is 1.66 bits per heavy atom. The zero-order valence-corrected chi connectivity index (χ0v) is 26.7. The molecule has 3 aromatic rings. The van der Waals surface area contributed by atoms with Crippen molar-refractivity contribution in [3.8, 4) is 5.75 Å². The molecule has 220 valence electrons. The van der Waals surface area contributed by atoms with E-state index in [4.69, 9.17) is 16.3 Å². The summed E-state index contributed by atoms with van der Waals surface area (Å²) >= 11 is 9.63. The van der Waals surface area contributed by atoms with Crippen LogP contribution >= 0.6 is 27.5 Å². The summed E-state index contributed by atoms with van der Waals surface area (Å²) in [6.07, 6.45) is 1.25. The molecule has 0 unspecified atom stereocenters. The summed E-state index contributed by atoms with van der Waals surface area (Å²) < 4.78 is 33.2. The number of rotatable bonds is 13. The number of carbonyl (C=O) groups excluding carboxylic acids is 2. The van der Waals surface area contributed by atoms with Gasteiger partial charge in [-0.05, 0) is 47.4 Å². The highest BCUT2D eigenvalue weighted by atomic mass is 79.9. The van der Waals surface area contributed by atoms with Crippen LogP contribution < -0.4 is 14.4 Å². The number of halogens is 2. The molecule has 0 aliphatic carbocycles. The van der Waals surface area contributed by atoms with Gasteiger partial charge in [-0.2, -0.15) is 0 Å². The summed E-state index contributed by atoms with van der Waals surface area (Å²) in [5.74, 6) is -0.439. The number of anilines is 1. The molecule has 0 aliphatic heterocycles. The van der Waals surface area contributed by atoms with Crippen LogP contribution in [-0.4, -0.2) is 57.6 Å². The maximum absolute atomic E-state index is 14.2. The molecule has 0 radical (unpaired) electrons. The Labute approximate surface area is 255 Å². The van der Waals surface area contributed by atoms with Crippen LogP contribution in [0.1, 0.15) is 25.0 Å². The van der Waals surface area contributed by atoms with Gasteiger partial charge < -0.3 is 15.0 Å². The van der Waals surface area contributed by atoms with Gasteiger partial charge in [0.25, 0.3) is 0 Å². The van der Waals surface area contributed by atoms with Gasteiger partial charge in [0.1, 0.15) is 18.3 Å². The molecule has 41 heavy (non-hydrogen) atoms. The Hall–Kier alpha value is -3.08. The van der Waals surface area contributed by atoms with Crippen LogP contribution in [0, 0.1) is 5.92 Å². The second-order valence-corrected chi connectivity index (χ2v) is 13.3. The second kappa shape index (κ2) is 14.7. The van der Waals surface area contributed by atoms with Gasteiger partial charge in [0.2, 0.25) is 21.8 Å². The van der Waals surface area contributed by atoms with E-state index in [0.717, 1.165) is 26.2 Å². The zero-order valence-electron chi connectivity index (χ0n) is 23.5. The topological polar surface area (TPSA) is 96.0 Å². The average Bonchev–Trinajstić information content (AvgIpc) is 2.93. The van der Waals surface area contributed by atoms with Crippen molar-refractivity contribution < 1.29 is 22.7 Å². The number of nitrogens with zero attached hydrogens (tertiary/aromatic N) is 2. The van der Waals surface area contributed by atoms with E-state index in [0.29, 0.717) is 6.54 Å². The fourth-order valence-corrected chi connectivity index (χ4v) is 5.49. The molecular formula is C30H35BrClN3O5S. The first-order valence-corrected chi connectivity index (χ1v) is 16.1. The van der Waals surface area contributed by atoms with E-state index in [1.807, 2.05) is 68.4 Å². The standard InChI is InChI=1S/C30H35BrClN3O5S/c1-21(2)18-33-30(37)27(16-22-8-6-5-7-9-22)34(19-23-10-12-24(31)13-11-23)29(36)20-35(41(4,38)39)26-17-25(32)14-15-28(26)40-3/h5-15,17,21,27H,16,18-20H2,1-4H3,(H,33,37)/t27-/m0/s1. The monoisotopic (exact) mass is 663 g/mol. The smallest absolute Gasteiger partial charge is 0.244 e. The molecule has 1 N–H and O–H groups in total. The highest BCUT2D eigenvalue weighted by molar-refractivity contribution is 9.10. The van der Waals surface area contributed by atoms with E-state index in [9.17, 15) is 18.0 Å². The van der Waals surface area contributed by atoms with Gasteiger partial charge in [-0.3, -0.25) is 13.9 Å². The Balaban J connectivity index is 2.08. The summed E-state index contributed by atoms with van der Waals surface area (Å²) in [7, 11) is -2.55. The summed E-state index contributed by atoms with van der Waals surface area (Å²) in [4.78, 5) is 29.3. The van der Waals surface area contributed by atoms with Gasteiger partial charge in [-0.25, -0.2) is 8.42 Å². The van der Waals surface area contributed by atoms with Gasteiger partial charge in [-0.15, -0.1) is 0 Å². The molecule has 0 saturated carbocycles. The Bertz CT molecular complexity index is 1440. The summed E-state index contributed by atoms with van der Waals surface area (Å²) in [6, 6.07) is 20.4. The first-order valence-electron chi connectivity index (χ1n) is 13.1. The highest BCUT2D eigenvalue weighted by Crippen LogP contribution is 2.33. The average molecular weight is 665 g/mol. The normalized spacial score (nSPS) is 12.1. The molecule has 3 rings (SSSR count). The predicted molar refractivity (Wildman–Crippen MR) is 167 cm³/mol. The minimum atomic E-state index is -3.96. The molecule has 0 saturated heterocycles. The Morgan fingerprint density at radius 1 is 1.00 bits per heavy atom. The number of amides is 2. The van der Waals surface area contributed by atoms with E-state index in [-0.39, 0.29) is 41.3 Å². The van der Waals surface area contributed by atoms with Crippen molar-refractivity contribution in [3.63, 3.8) is 0 Å². The van der Waals surface area contributed by atoms with E-state index >= 15 is 0 Å². The lowest BCUT2D eigenvalue weighted by molar-refractivity contribution is -0.140. The van der Waals surface area contributed by atoms with Crippen molar-refractivity contribution in [1.82, 2.24) is 10.2 Å². The first-order chi connectivity index (χ1) is 19.4. The van der Waals surface area contributed by atoms with Gasteiger partial charge >= 0.3 is 0 Å². The van der Waals surface area contributed by atoms with Crippen LogP contribution in [0.3, 0.4) is 0 Å². The van der Waals surface area contributed by atoms with Crippen molar-refractivity contribution in [2.45, 2.75) is 32.9 Å². The highest BCUT2D eigenvalue weighted by Gasteiger charge is 2.33. The lowest BCUT2D eigenvalue weighted by Gasteiger charge is -2.34. The predicted octanol–water partition coefficient (Wildman–Crippen LogP) is 5.29. The lowest BCUT2D eigenvalue weighted by atomic mass is 10.0. The van der Waals surface area contributed by atoms with Gasteiger partial charge in [0.05, 0.1) is 19.1 Å². The summed E-state index contributed by atoms with van der Waals surface area (Å²) in [6.45, 7) is 3.93. The largest absolute Gasteiger partial charge is 0.495 e. The minimum Gasteiger partial charge on any atom is -0.495 e. The van der Waals surface area contributed by atoms with Gasteiger partial charge in [0, 0.05) is 29.0 Å². The number of carbonyl (C=O) groups is 2. The van der Waals surface area contributed by atoms with Crippen LogP contribution in [0.4, 0.5) is 5.69 Å². The SMILES string of the molecule is COc1ccc(Cl)cc1N(CC(=O)N(Cc1ccc(Br)cc1)[C@@H](Cc1ccccc1)C(=O)NCC(C)C)S(C)(=O)=O. The third-order valence-corrected chi connectivity index (χ3v) is 8.20. The van der Waals surface area contributed by atoms with E-state index in [2.05, 4.69) is 21.2 Å². The van der Waals surface area contributed by atoms with Crippen LogP contribution in [0.15, 0.2) is 77.3 Å². The van der Waals surface area contributed by atoms with Crippen molar-refractivity contribution in [1.29, 1.82) is 0 Å². The number of nitrogens with one attached hydrogen (secondary N) is 1. The molecule has 0 bridgehead atoms. The van der Waals surface area contributed by atoms with Crippen LogP contribution in [0.25, 0.3) is 0 Å². The molecule has 0 heterocycles. The first kappa shape index (κ1) is 32.4. The fraction of sp³-hybridized carbons (Fsp3) is 0.333. The molecule has 0 aliphatic rings. The molecule has 3 aromatic carbocycles. The van der Waals surface area contributed by atoms with E-state index < -0.39 is 28.5 Å². The number of benzene rings is 3. The fourth-order valence-electron chi connectivity index (χ4n) is 4.22. The van der Waals surface area contributed by atoms with Gasteiger partial charge in [-0.1, -0.05) is 83.8 Å². The Morgan fingerprint density at radius 3 is 2.24 bits per heavy atom. The molecule has 2 amide bonds. The Kier molecular flexibility index (Phi) is 11.6. The van der Waals surface area contributed by atoms with Crippen molar-refractivity contribution in [2.75, 3.05) is 30.8 Å². The number of ether oxygens (including phenoxy) is 1. The third kappa shape index (κ3) is 9.48. The molecular weight excluding hydrogens is 630 g/mol. The molecule has 1 atom stereocenters. The van der Waals surface area contributed by atoms with Crippen molar-refractivity contribution in [2.24, 2.45) is 5.92 Å². The number of hydrogen-bond acceptors (Lipinski definition) is 5. The van der Waals surface area contributed by atoms with Crippen LogP contribution in [0.2, 0.25) is 5.02 Å². The molecule has 8 nitrogen and oxygen atoms in total. The molecule has 0 fully saturated rings. The maximum atomic E-state index is 14.2. The number of methoxy groups -OCH3 is 1. The van der Waals surface area contributed by atoms with Crippen LogP contribution in [-0.2, 0) is 32.6 Å². The van der Waals surface area contributed by atoms with E-state index in [1.165, 1.54) is 24.1 Å². The van der Waals surface area contributed by atoms with Crippen molar-refractivity contribution in [3.05, 3.63) is 93.4 Å². The summed E-state index contributed by atoms with van der Waals surface area (Å²) in [5.41, 5.74) is 1.77. The van der Waals surface area contributed by atoms with E-state index in [1.54, 1.807) is 6.07 Å². The van der Waals surface area contributed by atoms with Gasteiger partial charge in [0.15, 0.2) is 0 Å². The lowest BCUT2D eigenvalue weighted by Crippen LogP contribution is -2.53.